The van der Waals surface area contributed by atoms with Crippen LogP contribution in [0.4, 0.5) is 10.1 Å². The summed E-state index contributed by atoms with van der Waals surface area (Å²) < 4.78 is 13.0. The Labute approximate surface area is 132 Å². The molecule has 2 rings (SSSR count). The van der Waals surface area contributed by atoms with Gasteiger partial charge in [-0.2, -0.15) is 0 Å². The van der Waals surface area contributed by atoms with Crippen molar-refractivity contribution in [1.29, 1.82) is 0 Å². The maximum absolute atomic E-state index is 13.0. The fourth-order valence-electron chi connectivity index (χ4n) is 1.74. The third-order valence-electron chi connectivity index (χ3n) is 2.76. The van der Waals surface area contributed by atoms with Crippen LogP contribution in [0.1, 0.15) is 4.88 Å². The fourth-order valence-corrected chi connectivity index (χ4v) is 2.38. The zero-order chi connectivity index (χ0) is 15.8. The van der Waals surface area contributed by atoms with Crippen molar-refractivity contribution >= 4 is 28.9 Å². The minimum absolute atomic E-state index is 0.0423. The number of thiophene rings is 1. The molecule has 0 saturated carbocycles. The molecule has 2 aromatic rings. The summed E-state index contributed by atoms with van der Waals surface area (Å²) in [7, 11) is 1.63. The van der Waals surface area contributed by atoms with Crippen LogP contribution in [0.2, 0.25) is 0 Å². The van der Waals surface area contributed by atoms with Gasteiger partial charge in [0.05, 0.1) is 13.1 Å². The van der Waals surface area contributed by atoms with Gasteiger partial charge in [0, 0.05) is 17.6 Å². The largest absolute Gasteiger partial charge is 0.352 e. The molecule has 5 nitrogen and oxygen atoms in total. The fraction of sp³-hybridized carbons (Fsp3) is 0.200. The number of halogens is 1. The summed E-state index contributed by atoms with van der Waals surface area (Å²) in [6.45, 7) is 0.684. The van der Waals surface area contributed by atoms with E-state index in [1.807, 2.05) is 17.5 Å². The lowest BCUT2D eigenvalue weighted by molar-refractivity contribution is -0.115. The first kappa shape index (κ1) is 16.0. The standard InChI is InChI=1S/C15H17FN4OS/c1-17-15(18-9-13-6-3-7-22-13)19-10-14(21)20-12-5-2-4-11(16)8-12/h2-8H,9-10H2,1H3,(H,20,21)(H2,17,18,19). The normalized spacial score (nSPS) is 11.1. The van der Waals surface area contributed by atoms with Gasteiger partial charge in [-0.15, -0.1) is 11.3 Å². The molecule has 7 heteroatoms. The van der Waals surface area contributed by atoms with Crippen LogP contribution in [-0.2, 0) is 11.3 Å². The van der Waals surface area contributed by atoms with E-state index in [2.05, 4.69) is 20.9 Å². The first-order chi connectivity index (χ1) is 10.7. The summed E-state index contributed by atoms with van der Waals surface area (Å²) in [5.74, 6) is -0.133. The molecule has 0 aliphatic heterocycles. The topological polar surface area (TPSA) is 65.5 Å². The van der Waals surface area contributed by atoms with Gasteiger partial charge in [0.2, 0.25) is 5.91 Å². The third-order valence-corrected chi connectivity index (χ3v) is 3.63. The minimum atomic E-state index is -0.390. The van der Waals surface area contributed by atoms with Crippen molar-refractivity contribution in [1.82, 2.24) is 10.6 Å². The van der Waals surface area contributed by atoms with Gasteiger partial charge in [0.25, 0.3) is 0 Å². The number of hydrogen-bond donors (Lipinski definition) is 3. The Morgan fingerprint density at radius 1 is 1.27 bits per heavy atom. The predicted molar refractivity (Wildman–Crippen MR) is 87.6 cm³/mol. The average Bonchev–Trinajstić information content (AvgIpc) is 3.01. The maximum atomic E-state index is 13.0. The zero-order valence-corrected chi connectivity index (χ0v) is 12.9. The van der Waals surface area contributed by atoms with Crippen molar-refractivity contribution in [3.8, 4) is 0 Å². The smallest absolute Gasteiger partial charge is 0.243 e. The van der Waals surface area contributed by atoms with Crippen molar-refractivity contribution in [2.45, 2.75) is 6.54 Å². The van der Waals surface area contributed by atoms with Gasteiger partial charge in [0.1, 0.15) is 5.82 Å². The molecule has 22 heavy (non-hydrogen) atoms. The summed E-state index contributed by atoms with van der Waals surface area (Å²) in [6, 6.07) is 9.75. The Kier molecular flexibility index (Phi) is 5.91. The van der Waals surface area contributed by atoms with E-state index in [-0.39, 0.29) is 18.3 Å². The molecule has 0 spiro atoms. The summed E-state index contributed by atoms with van der Waals surface area (Å²) in [4.78, 5) is 17.0. The highest BCUT2D eigenvalue weighted by Gasteiger charge is 2.05. The number of anilines is 1. The Bertz CT molecular complexity index is 643. The Morgan fingerprint density at radius 2 is 2.14 bits per heavy atom. The number of amides is 1. The van der Waals surface area contributed by atoms with Crippen LogP contribution in [0.25, 0.3) is 0 Å². The number of aliphatic imine (C=N–C) groups is 1. The second-order valence-electron chi connectivity index (χ2n) is 4.42. The van der Waals surface area contributed by atoms with Gasteiger partial charge in [-0.3, -0.25) is 9.79 Å². The van der Waals surface area contributed by atoms with Crippen molar-refractivity contribution in [2.75, 3.05) is 18.9 Å². The molecule has 0 atom stereocenters. The van der Waals surface area contributed by atoms with Gasteiger partial charge in [-0.25, -0.2) is 4.39 Å². The van der Waals surface area contributed by atoms with E-state index in [9.17, 15) is 9.18 Å². The zero-order valence-electron chi connectivity index (χ0n) is 12.1. The second-order valence-corrected chi connectivity index (χ2v) is 5.45. The lowest BCUT2D eigenvalue weighted by Gasteiger charge is -2.11. The van der Waals surface area contributed by atoms with Crippen molar-refractivity contribution in [2.24, 2.45) is 4.99 Å². The molecular formula is C15H17FN4OS. The number of nitrogens with one attached hydrogen (secondary N) is 3. The van der Waals surface area contributed by atoms with Gasteiger partial charge >= 0.3 is 0 Å². The Balaban J connectivity index is 1.76. The van der Waals surface area contributed by atoms with Crippen LogP contribution in [-0.4, -0.2) is 25.5 Å². The molecule has 0 aliphatic carbocycles. The van der Waals surface area contributed by atoms with Crippen LogP contribution in [0, 0.1) is 5.82 Å². The highest BCUT2D eigenvalue weighted by molar-refractivity contribution is 7.09. The van der Waals surface area contributed by atoms with Gasteiger partial charge in [0.15, 0.2) is 5.96 Å². The summed E-state index contributed by atoms with van der Waals surface area (Å²) in [5.41, 5.74) is 0.424. The van der Waals surface area contributed by atoms with Crippen LogP contribution in [0.3, 0.4) is 0 Å². The maximum Gasteiger partial charge on any atom is 0.243 e. The van der Waals surface area contributed by atoms with Crippen molar-refractivity contribution < 1.29 is 9.18 Å². The van der Waals surface area contributed by atoms with Crippen LogP contribution in [0.15, 0.2) is 46.8 Å². The molecule has 1 heterocycles. The molecule has 0 unspecified atom stereocenters. The van der Waals surface area contributed by atoms with E-state index in [4.69, 9.17) is 0 Å². The summed E-state index contributed by atoms with van der Waals surface area (Å²) in [6.07, 6.45) is 0. The van der Waals surface area contributed by atoms with Crippen LogP contribution in [0.5, 0.6) is 0 Å². The molecule has 1 aromatic heterocycles. The number of hydrogen-bond acceptors (Lipinski definition) is 3. The van der Waals surface area contributed by atoms with E-state index in [0.29, 0.717) is 18.2 Å². The number of nitrogens with zero attached hydrogens (tertiary/aromatic N) is 1. The molecule has 1 aromatic carbocycles. The molecule has 116 valence electrons. The van der Waals surface area contributed by atoms with Crippen LogP contribution < -0.4 is 16.0 Å². The highest BCUT2D eigenvalue weighted by Crippen LogP contribution is 2.08. The monoisotopic (exact) mass is 320 g/mol. The molecule has 3 N–H and O–H groups in total. The summed E-state index contributed by atoms with van der Waals surface area (Å²) >= 11 is 1.64. The predicted octanol–water partition coefficient (Wildman–Crippen LogP) is 2.19. The average molecular weight is 320 g/mol. The number of benzene rings is 1. The Hall–Kier alpha value is -2.41. The van der Waals surface area contributed by atoms with Crippen LogP contribution >= 0.6 is 11.3 Å². The summed E-state index contributed by atoms with van der Waals surface area (Å²) in [5, 5.41) is 10.6. The molecular weight excluding hydrogens is 303 g/mol. The third kappa shape index (κ3) is 5.17. The molecule has 0 bridgehead atoms. The van der Waals surface area contributed by atoms with Crippen molar-refractivity contribution in [3.63, 3.8) is 0 Å². The quantitative estimate of drug-likeness (QED) is 0.584. The van der Waals surface area contributed by atoms with Gasteiger partial charge in [-0.05, 0) is 29.6 Å². The lowest BCUT2D eigenvalue weighted by Crippen LogP contribution is -2.40. The minimum Gasteiger partial charge on any atom is -0.352 e. The first-order valence-corrected chi connectivity index (χ1v) is 7.57. The first-order valence-electron chi connectivity index (χ1n) is 6.69. The molecule has 0 fully saturated rings. The van der Waals surface area contributed by atoms with Crippen molar-refractivity contribution in [3.05, 3.63) is 52.5 Å². The second kappa shape index (κ2) is 8.14. The van der Waals surface area contributed by atoms with E-state index in [0.717, 1.165) is 0 Å². The highest BCUT2D eigenvalue weighted by atomic mass is 32.1. The van der Waals surface area contributed by atoms with E-state index < -0.39 is 0 Å². The molecule has 0 saturated heterocycles. The number of guanidine groups is 1. The molecule has 1 amide bonds. The van der Waals surface area contributed by atoms with E-state index in [1.165, 1.54) is 17.0 Å². The molecule has 0 aliphatic rings. The SMILES string of the molecule is CN=C(NCC(=O)Nc1cccc(F)c1)NCc1cccs1. The lowest BCUT2D eigenvalue weighted by atomic mass is 10.3. The number of rotatable bonds is 5. The number of carbonyl (C=O) groups excluding carboxylic acids is 1. The number of carbonyl (C=O) groups is 1. The van der Waals surface area contributed by atoms with E-state index in [1.54, 1.807) is 30.5 Å². The van der Waals surface area contributed by atoms with Gasteiger partial charge < -0.3 is 16.0 Å². The van der Waals surface area contributed by atoms with E-state index >= 15 is 0 Å². The van der Waals surface area contributed by atoms with Gasteiger partial charge in [-0.1, -0.05) is 12.1 Å². The molecule has 0 radical (unpaired) electrons. The Morgan fingerprint density at radius 3 is 2.82 bits per heavy atom.